The van der Waals surface area contributed by atoms with Crippen molar-refractivity contribution in [2.24, 2.45) is 0 Å². The van der Waals surface area contributed by atoms with E-state index in [0.717, 1.165) is 19.5 Å². The van der Waals surface area contributed by atoms with Gasteiger partial charge in [0, 0.05) is 18.0 Å². The molecular weight excluding hydrogens is 266 g/mol. The van der Waals surface area contributed by atoms with Crippen LogP contribution in [0.15, 0.2) is 28.7 Å². The zero-order valence-corrected chi connectivity index (χ0v) is 11.5. The number of hydrogen-bond donors (Lipinski definition) is 1. The molecule has 0 saturated carbocycles. The number of nitrogens with zero attached hydrogens (tertiary/aromatic N) is 2. The van der Waals surface area contributed by atoms with Crippen LogP contribution < -0.4 is 10.1 Å². The predicted octanol–water partition coefficient (Wildman–Crippen LogP) is 2.45. The molecule has 6 heteroatoms. The minimum absolute atomic E-state index is 0.245. The first-order valence-electron chi connectivity index (χ1n) is 6.18. The van der Waals surface area contributed by atoms with Gasteiger partial charge in [-0.1, -0.05) is 24.6 Å². The van der Waals surface area contributed by atoms with Crippen LogP contribution in [0.5, 0.6) is 5.75 Å². The Kier molecular flexibility index (Phi) is 5.18. The van der Waals surface area contributed by atoms with Crippen LogP contribution >= 0.6 is 11.6 Å². The van der Waals surface area contributed by atoms with Crippen molar-refractivity contribution >= 4 is 11.6 Å². The number of hydrogen-bond acceptors (Lipinski definition) is 5. The van der Waals surface area contributed by atoms with Gasteiger partial charge in [0.1, 0.15) is 5.75 Å². The van der Waals surface area contributed by atoms with Crippen LogP contribution in [-0.2, 0) is 13.0 Å². The first-order valence-corrected chi connectivity index (χ1v) is 6.56. The number of nitrogens with one attached hydrogen (secondary N) is 1. The van der Waals surface area contributed by atoms with Gasteiger partial charge < -0.3 is 14.5 Å². The van der Waals surface area contributed by atoms with Crippen molar-refractivity contribution in [1.29, 1.82) is 0 Å². The quantitative estimate of drug-likeness (QED) is 0.790. The Morgan fingerprint density at radius 3 is 2.95 bits per heavy atom. The lowest BCUT2D eigenvalue weighted by molar-refractivity contribution is 0.259. The van der Waals surface area contributed by atoms with Crippen molar-refractivity contribution in [3.05, 3.63) is 41.1 Å². The van der Waals surface area contributed by atoms with Gasteiger partial charge in [-0.3, -0.25) is 0 Å². The molecule has 1 N–H and O–H groups in total. The van der Waals surface area contributed by atoms with E-state index in [4.69, 9.17) is 20.8 Å². The molecule has 0 amide bonds. The van der Waals surface area contributed by atoms with Crippen molar-refractivity contribution < 1.29 is 9.15 Å². The number of rotatable bonds is 7. The summed E-state index contributed by atoms with van der Waals surface area (Å²) in [4.78, 5) is 0. The monoisotopic (exact) mass is 281 g/mol. The fourth-order valence-corrected chi connectivity index (χ4v) is 1.70. The highest BCUT2D eigenvalue weighted by Crippen LogP contribution is 2.18. The summed E-state index contributed by atoms with van der Waals surface area (Å²) in [5, 5.41) is 11.7. The Morgan fingerprint density at radius 2 is 2.16 bits per heavy atom. The molecule has 0 saturated heterocycles. The SMILES string of the molecule is CCNCCc1nnc(COc2cccc(Cl)c2)o1. The lowest BCUT2D eigenvalue weighted by Gasteiger charge is -2.02. The molecule has 19 heavy (non-hydrogen) atoms. The molecule has 2 aromatic rings. The lowest BCUT2D eigenvalue weighted by atomic mass is 10.3. The Bertz CT molecular complexity index is 516. The van der Waals surface area contributed by atoms with E-state index < -0.39 is 0 Å². The van der Waals surface area contributed by atoms with E-state index in [1.165, 1.54) is 0 Å². The molecule has 102 valence electrons. The fraction of sp³-hybridized carbons (Fsp3) is 0.385. The summed E-state index contributed by atoms with van der Waals surface area (Å²) in [5.74, 6) is 1.76. The lowest BCUT2D eigenvalue weighted by Crippen LogP contribution is -2.16. The van der Waals surface area contributed by atoms with Gasteiger partial charge in [-0.15, -0.1) is 10.2 Å². The molecular formula is C13H16ClN3O2. The highest BCUT2D eigenvalue weighted by Gasteiger charge is 2.06. The highest BCUT2D eigenvalue weighted by molar-refractivity contribution is 6.30. The summed E-state index contributed by atoms with van der Waals surface area (Å²) in [6.07, 6.45) is 0.720. The third-order valence-electron chi connectivity index (χ3n) is 2.43. The van der Waals surface area contributed by atoms with Crippen LogP contribution in [-0.4, -0.2) is 23.3 Å². The van der Waals surface area contributed by atoms with Gasteiger partial charge >= 0.3 is 0 Å². The standard InChI is InChI=1S/C13H16ClN3O2/c1-2-15-7-6-12-16-17-13(19-12)9-18-11-5-3-4-10(14)8-11/h3-5,8,15H,2,6-7,9H2,1H3. The maximum Gasteiger partial charge on any atom is 0.253 e. The van der Waals surface area contributed by atoms with E-state index in [1.54, 1.807) is 12.1 Å². The third-order valence-corrected chi connectivity index (χ3v) is 2.67. The topological polar surface area (TPSA) is 60.2 Å². The first-order chi connectivity index (χ1) is 9.28. The van der Waals surface area contributed by atoms with Gasteiger partial charge in [0.05, 0.1) is 0 Å². The van der Waals surface area contributed by atoms with Crippen molar-refractivity contribution in [2.45, 2.75) is 20.0 Å². The van der Waals surface area contributed by atoms with Crippen LogP contribution in [0.25, 0.3) is 0 Å². The maximum absolute atomic E-state index is 5.86. The molecule has 0 unspecified atom stereocenters. The summed E-state index contributed by atoms with van der Waals surface area (Å²) >= 11 is 5.86. The molecule has 0 atom stereocenters. The van der Waals surface area contributed by atoms with Crippen LogP contribution in [0, 0.1) is 0 Å². The molecule has 1 heterocycles. The molecule has 0 aliphatic rings. The predicted molar refractivity (Wildman–Crippen MR) is 72.3 cm³/mol. The van der Waals surface area contributed by atoms with Crippen LogP contribution in [0.2, 0.25) is 5.02 Å². The van der Waals surface area contributed by atoms with Gasteiger partial charge in [0.25, 0.3) is 5.89 Å². The van der Waals surface area contributed by atoms with E-state index in [2.05, 4.69) is 22.4 Å². The average Bonchev–Trinajstić information content (AvgIpc) is 2.85. The van der Waals surface area contributed by atoms with Crippen molar-refractivity contribution in [3.8, 4) is 5.75 Å². The number of likely N-dealkylation sites (N-methyl/N-ethyl adjacent to an activating group) is 1. The summed E-state index contributed by atoms with van der Waals surface area (Å²) < 4.78 is 11.0. The number of aromatic nitrogens is 2. The van der Waals surface area contributed by atoms with Crippen molar-refractivity contribution in [1.82, 2.24) is 15.5 Å². The third kappa shape index (κ3) is 4.54. The minimum atomic E-state index is 0.245. The largest absolute Gasteiger partial charge is 0.484 e. The van der Waals surface area contributed by atoms with Gasteiger partial charge in [0.15, 0.2) is 6.61 Å². The molecule has 0 spiro atoms. The van der Waals surface area contributed by atoms with Crippen LogP contribution in [0.1, 0.15) is 18.7 Å². The van der Waals surface area contributed by atoms with Crippen LogP contribution in [0.3, 0.4) is 0 Å². The molecule has 2 rings (SSSR count). The zero-order chi connectivity index (χ0) is 13.5. The number of halogens is 1. The summed E-state index contributed by atoms with van der Waals surface area (Å²) in [7, 11) is 0. The first kappa shape index (κ1) is 13.8. The zero-order valence-electron chi connectivity index (χ0n) is 10.7. The Morgan fingerprint density at radius 1 is 1.32 bits per heavy atom. The fourth-order valence-electron chi connectivity index (χ4n) is 1.52. The maximum atomic E-state index is 5.86. The molecule has 0 bridgehead atoms. The van der Waals surface area contributed by atoms with E-state index in [1.807, 2.05) is 12.1 Å². The van der Waals surface area contributed by atoms with Crippen LogP contribution in [0.4, 0.5) is 0 Å². The highest BCUT2D eigenvalue weighted by atomic mass is 35.5. The second kappa shape index (κ2) is 7.11. The second-order valence-corrected chi connectivity index (χ2v) is 4.38. The normalized spacial score (nSPS) is 10.6. The molecule has 1 aromatic carbocycles. The molecule has 5 nitrogen and oxygen atoms in total. The van der Waals surface area contributed by atoms with Gasteiger partial charge in [0.2, 0.25) is 5.89 Å². The molecule has 0 aliphatic heterocycles. The van der Waals surface area contributed by atoms with Crippen molar-refractivity contribution in [3.63, 3.8) is 0 Å². The molecule has 1 aromatic heterocycles. The smallest absolute Gasteiger partial charge is 0.253 e. The Labute approximate surface area is 116 Å². The van der Waals surface area contributed by atoms with Gasteiger partial charge in [-0.2, -0.15) is 0 Å². The van der Waals surface area contributed by atoms with E-state index in [9.17, 15) is 0 Å². The average molecular weight is 282 g/mol. The van der Waals surface area contributed by atoms with E-state index in [0.29, 0.717) is 22.6 Å². The minimum Gasteiger partial charge on any atom is -0.484 e. The van der Waals surface area contributed by atoms with E-state index in [-0.39, 0.29) is 6.61 Å². The van der Waals surface area contributed by atoms with E-state index >= 15 is 0 Å². The Hall–Kier alpha value is -1.59. The summed E-state index contributed by atoms with van der Waals surface area (Å²) in [6.45, 7) is 4.05. The Balaban J connectivity index is 1.83. The van der Waals surface area contributed by atoms with Crippen molar-refractivity contribution in [2.75, 3.05) is 13.1 Å². The molecule has 0 aliphatic carbocycles. The van der Waals surface area contributed by atoms with Gasteiger partial charge in [-0.05, 0) is 24.7 Å². The molecule has 0 radical (unpaired) electrons. The number of benzene rings is 1. The van der Waals surface area contributed by atoms with Gasteiger partial charge in [-0.25, -0.2) is 0 Å². The summed E-state index contributed by atoms with van der Waals surface area (Å²) in [6, 6.07) is 7.19. The second-order valence-electron chi connectivity index (χ2n) is 3.94. The molecule has 0 fully saturated rings. The number of ether oxygens (including phenoxy) is 1. The summed E-state index contributed by atoms with van der Waals surface area (Å²) in [5.41, 5.74) is 0.